The highest BCUT2D eigenvalue weighted by Gasteiger charge is 2.08. The predicted octanol–water partition coefficient (Wildman–Crippen LogP) is 4.41. The second-order valence-corrected chi connectivity index (χ2v) is 5.84. The topological polar surface area (TPSA) is 64.3 Å². The zero-order valence-electron chi connectivity index (χ0n) is 14.0. The number of anilines is 2. The molecule has 3 rings (SSSR count). The molecule has 4 nitrogen and oxygen atoms in total. The molecule has 3 N–H and O–H groups in total. The van der Waals surface area contributed by atoms with E-state index in [0.717, 1.165) is 11.3 Å². The van der Waals surface area contributed by atoms with Gasteiger partial charge in [0, 0.05) is 5.56 Å². The normalized spacial score (nSPS) is 10.3. The number of nitrogens with one attached hydrogen (secondary N) is 1. The average molecular weight is 332 g/mol. The fraction of sp³-hybridized carbons (Fsp3) is 0.0952. The van der Waals surface area contributed by atoms with Gasteiger partial charge < -0.3 is 15.8 Å². The first-order valence-corrected chi connectivity index (χ1v) is 8.06. The second-order valence-electron chi connectivity index (χ2n) is 5.84. The Labute approximate surface area is 147 Å². The average Bonchev–Trinajstić information content (AvgIpc) is 2.63. The lowest BCUT2D eigenvalue weighted by Crippen LogP contribution is -2.13. The van der Waals surface area contributed by atoms with Gasteiger partial charge in [-0.15, -0.1) is 0 Å². The van der Waals surface area contributed by atoms with E-state index >= 15 is 0 Å². The predicted molar refractivity (Wildman–Crippen MR) is 101 cm³/mol. The van der Waals surface area contributed by atoms with E-state index in [0.29, 0.717) is 23.5 Å². The first-order chi connectivity index (χ1) is 12.1. The van der Waals surface area contributed by atoms with Crippen LogP contribution in [0.1, 0.15) is 21.5 Å². The molecule has 3 aromatic rings. The molecule has 3 aromatic carbocycles. The minimum absolute atomic E-state index is 0.191. The van der Waals surface area contributed by atoms with Gasteiger partial charge in [-0.3, -0.25) is 4.79 Å². The summed E-state index contributed by atoms with van der Waals surface area (Å²) in [6.07, 6.45) is 0. The van der Waals surface area contributed by atoms with Crippen LogP contribution in [0.4, 0.5) is 11.4 Å². The molecule has 0 aliphatic rings. The number of nitrogen functional groups attached to an aromatic ring is 1. The highest BCUT2D eigenvalue weighted by atomic mass is 16.5. The largest absolute Gasteiger partial charge is 0.489 e. The SMILES string of the molecule is Cc1ccc(OCc2ccc(C(=O)Nc3ccccc3N)cc2)cc1. The molecule has 0 aliphatic heterocycles. The lowest BCUT2D eigenvalue weighted by atomic mass is 10.1. The van der Waals surface area contributed by atoms with E-state index < -0.39 is 0 Å². The highest BCUT2D eigenvalue weighted by molar-refractivity contribution is 6.05. The Balaban J connectivity index is 1.60. The van der Waals surface area contributed by atoms with Crippen molar-refractivity contribution in [2.75, 3.05) is 11.1 Å². The third-order valence-corrected chi connectivity index (χ3v) is 3.85. The molecule has 0 heterocycles. The highest BCUT2D eigenvalue weighted by Crippen LogP contribution is 2.18. The monoisotopic (exact) mass is 332 g/mol. The molecule has 0 aromatic heterocycles. The van der Waals surface area contributed by atoms with Gasteiger partial charge in [0.05, 0.1) is 11.4 Å². The van der Waals surface area contributed by atoms with Gasteiger partial charge >= 0.3 is 0 Å². The second kappa shape index (κ2) is 7.53. The smallest absolute Gasteiger partial charge is 0.255 e. The van der Waals surface area contributed by atoms with Crippen LogP contribution in [0.15, 0.2) is 72.8 Å². The summed E-state index contributed by atoms with van der Waals surface area (Å²) >= 11 is 0. The fourth-order valence-corrected chi connectivity index (χ4v) is 2.36. The summed E-state index contributed by atoms with van der Waals surface area (Å²) in [6.45, 7) is 2.49. The number of benzene rings is 3. The van der Waals surface area contributed by atoms with Gasteiger partial charge in [-0.2, -0.15) is 0 Å². The summed E-state index contributed by atoms with van der Waals surface area (Å²) in [5.41, 5.74) is 9.76. The lowest BCUT2D eigenvalue weighted by Gasteiger charge is -2.09. The maximum Gasteiger partial charge on any atom is 0.255 e. The molecule has 4 heteroatoms. The number of carbonyl (C=O) groups excluding carboxylic acids is 1. The van der Waals surface area contributed by atoms with Crippen molar-refractivity contribution in [2.24, 2.45) is 0 Å². The Hall–Kier alpha value is -3.27. The van der Waals surface area contributed by atoms with Crippen LogP contribution in [0.3, 0.4) is 0 Å². The van der Waals surface area contributed by atoms with Gasteiger partial charge in [0.1, 0.15) is 12.4 Å². The van der Waals surface area contributed by atoms with E-state index in [9.17, 15) is 4.79 Å². The number of nitrogens with two attached hydrogens (primary N) is 1. The Morgan fingerprint density at radius 2 is 1.64 bits per heavy atom. The Bertz CT molecular complexity index is 856. The van der Waals surface area contributed by atoms with Crippen molar-refractivity contribution in [2.45, 2.75) is 13.5 Å². The molecule has 126 valence electrons. The van der Waals surface area contributed by atoms with Gasteiger partial charge in [0.25, 0.3) is 5.91 Å². The summed E-state index contributed by atoms with van der Waals surface area (Å²) in [5, 5.41) is 2.81. The van der Waals surface area contributed by atoms with Crippen LogP contribution in [-0.2, 0) is 6.61 Å². The molecule has 0 aliphatic carbocycles. The van der Waals surface area contributed by atoms with E-state index in [-0.39, 0.29) is 5.91 Å². The molecule has 0 saturated heterocycles. The van der Waals surface area contributed by atoms with E-state index in [1.54, 1.807) is 24.3 Å². The standard InChI is InChI=1S/C21H20N2O2/c1-15-6-12-18(13-7-15)25-14-16-8-10-17(11-9-16)21(24)23-20-5-3-2-4-19(20)22/h2-13H,14,22H2,1H3,(H,23,24). The molecule has 0 atom stereocenters. The third-order valence-electron chi connectivity index (χ3n) is 3.85. The van der Waals surface area contributed by atoms with E-state index in [1.807, 2.05) is 55.5 Å². The lowest BCUT2D eigenvalue weighted by molar-refractivity contribution is 0.102. The van der Waals surface area contributed by atoms with Crippen molar-refractivity contribution in [3.05, 3.63) is 89.5 Å². The van der Waals surface area contributed by atoms with Crippen LogP contribution in [-0.4, -0.2) is 5.91 Å². The van der Waals surface area contributed by atoms with Crippen molar-refractivity contribution in [1.82, 2.24) is 0 Å². The van der Waals surface area contributed by atoms with E-state index in [1.165, 1.54) is 5.56 Å². The maximum absolute atomic E-state index is 12.3. The first kappa shape index (κ1) is 16.6. The van der Waals surface area contributed by atoms with Crippen molar-refractivity contribution < 1.29 is 9.53 Å². The Morgan fingerprint density at radius 3 is 2.32 bits per heavy atom. The van der Waals surface area contributed by atoms with Gasteiger partial charge in [0.15, 0.2) is 0 Å². The van der Waals surface area contributed by atoms with Crippen LogP contribution in [0.2, 0.25) is 0 Å². The Morgan fingerprint density at radius 1 is 0.960 bits per heavy atom. The van der Waals surface area contributed by atoms with Crippen molar-refractivity contribution in [1.29, 1.82) is 0 Å². The number of carbonyl (C=O) groups is 1. The molecule has 0 radical (unpaired) electrons. The van der Waals surface area contributed by atoms with Crippen LogP contribution >= 0.6 is 0 Å². The van der Waals surface area contributed by atoms with E-state index in [2.05, 4.69) is 5.32 Å². The molecule has 0 spiro atoms. The number of ether oxygens (including phenoxy) is 1. The number of hydrogen-bond donors (Lipinski definition) is 2. The molecule has 0 fully saturated rings. The zero-order chi connectivity index (χ0) is 17.6. The summed E-state index contributed by atoms with van der Waals surface area (Å²) in [4.78, 5) is 12.3. The quantitative estimate of drug-likeness (QED) is 0.680. The third kappa shape index (κ3) is 4.38. The zero-order valence-corrected chi connectivity index (χ0v) is 14.0. The summed E-state index contributed by atoms with van der Waals surface area (Å²) in [5.74, 6) is 0.635. The minimum Gasteiger partial charge on any atom is -0.489 e. The van der Waals surface area contributed by atoms with Crippen LogP contribution in [0.25, 0.3) is 0 Å². The van der Waals surface area contributed by atoms with E-state index in [4.69, 9.17) is 10.5 Å². The number of para-hydroxylation sites is 2. The molecular weight excluding hydrogens is 312 g/mol. The summed E-state index contributed by atoms with van der Waals surface area (Å²) < 4.78 is 5.74. The van der Waals surface area contributed by atoms with Crippen molar-refractivity contribution in [3.8, 4) is 5.75 Å². The van der Waals surface area contributed by atoms with Gasteiger partial charge in [-0.05, 0) is 48.9 Å². The number of hydrogen-bond acceptors (Lipinski definition) is 3. The number of aryl methyl sites for hydroxylation is 1. The van der Waals surface area contributed by atoms with Crippen molar-refractivity contribution in [3.63, 3.8) is 0 Å². The van der Waals surface area contributed by atoms with Crippen molar-refractivity contribution >= 4 is 17.3 Å². The summed E-state index contributed by atoms with van der Waals surface area (Å²) in [7, 11) is 0. The van der Waals surface area contributed by atoms with Crippen LogP contribution in [0, 0.1) is 6.92 Å². The van der Waals surface area contributed by atoms with Crippen LogP contribution in [0.5, 0.6) is 5.75 Å². The molecule has 0 unspecified atom stereocenters. The number of amides is 1. The van der Waals surface area contributed by atoms with Crippen LogP contribution < -0.4 is 15.8 Å². The fourth-order valence-electron chi connectivity index (χ4n) is 2.36. The number of rotatable bonds is 5. The Kier molecular flexibility index (Phi) is 5.00. The molecule has 0 saturated carbocycles. The first-order valence-electron chi connectivity index (χ1n) is 8.06. The molecular formula is C21H20N2O2. The minimum atomic E-state index is -0.191. The van der Waals surface area contributed by atoms with Gasteiger partial charge in [0.2, 0.25) is 0 Å². The van der Waals surface area contributed by atoms with Gasteiger partial charge in [-0.25, -0.2) is 0 Å². The molecule has 1 amide bonds. The molecule has 0 bridgehead atoms. The maximum atomic E-state index is 12.3. The summed E-state index contributed by atoms with van der Waals surface area (Å²) in [6, 6.07) is 22.4. The van der Waals surface area contributed by atoms with Gasteiger partial charge in [-0.1, -0.05) is 42.0 Å². The molecule has 25 heavy (non-hydrogen) atoms.